The van der Waals surface area contributed by atoms with Crippen LogP contribution in [0.1, 0.15) is 27.2 Å². The van der Waals surface area contributed by atoms with Gasteiger partial charge in [-0.2, -0.15) is 0 Å². The average Bonchev–Trinajstić information content (AvgIpc) is 1.96. The maximum absolute atomic E-state index is 10.6. The lowest BCUT2D eigenvalue weighted by Gasteiger charge is -2.16. The van der Waals surface area contributed by atoms with Gasteiger partial charge in [0, 0.05) is 6.92 Å². The molecule has 13 heavy (non-hydrogen) atoms. The lowest BCUT2D eigenvalue weighted by molar-refractivity contribution is -0.140. The van der Waals surface area contributed by atoms with Crippen molar-refractivity contribution in [2.24, 2.45) is 5.92 Å². The van der Waals surface area contributed by atoms with Crippen molar-refractivity contribution >= 4 is 11.9 Å². The number of hydrazine groups is 1. The number of carboxylic acids is 1. The van der Waals surface area contributed by atoms with Gasteiger partial charge in [-0.1, -0.05) is 13.8 Å². The average molecular weight is 188 g/mol. The zero-order valence-corrected chi connectivity index (χ0v) is 8.13. The first-order chi connectivity index (χ1) is 5.93. The van der Waals surface area contributed by atoms with Crippen molar-refractivity contribution in [3.63, 3.8) is 0 Å². The monoisotopic (exact) mass is 188 g/mol. The molecule has 3 N–H and O–H groups in total. The molecule has 0 bridgehead atoms. The van der Waals surface area contributed by atoms with Gasteiger partial charge in [0.25, 0.3) is 0 Å². The third-order valence-corrected chi connectivity index (χ3v) is 1.43. The minimum Gasteiger partial charge on any atom is -0.480 e. The number of carboxylic acid groups (broad SMARTS) is 1. The van der Waals surface area contributed by atoms with E-state index < -0.39 is 12.0 Å². The molecule has 5 heteroatoms. The van der Waals surface area contributed by atoms with Gasteiger partial charge in [0.2, 0.25) is 5.91 Å². The lowest BCUT2D eigenvalue weighted by atomic mass is 10.0. The Kier molecular flexibility index (Phi) is 5.06. The Morgan fingerprint density at radius 2 is 1.92 bits per heavy atom. The van der Waals surface area contributed by atoms with E-state index in [2.05, 4.69) is 10.9 Å². The van der Waals surface area contributed by atoms with Gasteiger partial charge in [-0.15, -0.1) is 0 Å². The Balaban J connectivity index is 3.95. The van der Waals surface area contributed by atoms with Gasteiger partial charge < -0.3 is 5.11 Å². The van der Waals surface area contributed by atoms with Gasteiger partial charge in [0.15, 0.2) is 0 Å². The van der Waals surface area contributed by atoms with Crippen LogP contribution in [0.4, 0.5) is 0 Å². The quantitative estimate of drug-likeness (QED) is 0.536. The van der Waals surface area contributed by atoms with Crippen molar-refractivity contribution in [3.05, 3.63) is 0 Å². The number of rotatable bonds is 5. The van der Waals surface area contributed by atoms with E-state index in [1.807, 2.05) is 13.8 Å². The van der Waals surface area contributed by atoms with E-state index in [4.69, 9.17) is 5.11 Å². The molecule has 0 aromatic carbocycles. The third-order valence-electron chi connectivity index (χ3n) is 1.43. The molecule has 0 aliphatic carbocycles. The van der Waals surface area contributed by atoms with Gasteiger partial charge >= 0.3 is 5.97 Å². The molecule has 0 aliphatic heterocycles. The highest BCUT2D eigenvalue weighted by Gasteiger charge is 2.18. The van der Waals surface area contributed by atoms with Crippen molar-refractivity contribution in [3.8, 4) is 0 Å². The molecule has 0 aliphatic rings. The molecule has 5 nitrogen and oxygen atoms in total. The summed E-state index contributed by atoms with van der Waals surface area (Å²) in [5, 5.41) is 8.72. The van der Waals surface area contributed by atoms with Gasteiger partial charge in [0.1, 0.15) is 6.04 Å². The van der Waals surface area contributed by atoms with E-state index in [1.165, 1.54) is 6.92 Å². The molecule has 0 spiro atoms. The molecule has 0 radical (unpaired) electrons. The summed E-state index contributed by atoms with van der Waals surface area (Å²) in [6, 6.07) is -0.719. The van der Waals surface area contributed by atoms with Crippen LogP contribution in [-0.2, 0) is 9.59 Å². The molecule has 0 aromatic heterocycles. The van der Waals surface area contributed by atoms with Gasteiger partial charge in [0.05, 0.1) is 0 Å². The summed E-state index contributed by atoms with van der Waals surface area (Å²) in [6.45, 7) is 5.16. The summed E-state index contributed by atoms with van der Waals surface area (Å²) < 4.78 is 0. The van der Waals surface area contributed by atoms with Crippen LogP contribution in [0.15, 0.2) is 0 Å². The van der Waals surface area contributed by atoms with E-state index in [1.54, 1.807) is 0 Å². The summed E-state index contributed by atoms with van der Waals surface area (Å²) in [6.07, 6.45) is 0.482. The maximum atomic E-state index is 10.6. The predicted molar refractivity (Wildman–Crippen MR) is 47.8 cm³/mol. The van der Waals surface area contributed by atoms with Crippen LogP contribution in [0.25, 0.3) is 0 Å². The molecule has 0 unspecified atom stereocenters. The largest absolute Gasteiger partial charge is 0.480 e. The molecular weight excluding hydrogens is 172 g/mol. The third kappa shape index (κ3) is 6.10. The second-order valence-corrected chi connectivity index (χ2v) is 3.35. The second kappa shape index (κ2) is 5.53. The van der Waals surface area contributed by atoms with Gasteiger partial charge in [-0.3, -0.25) is 15.0 Å². The molecular formula is C8H16N2O3. The number of amides is 1. The molecule has 0 aromatic rings. The Bertz CT molecular complexity index is 192. The number of nitrogens with one attached hydrogen (secondary N) is 2. The first-order valence-corrected chi connectivity index (χ1v) is 4.18. The molecule has 0 heterocycles. The first kappa shape index (κ1) is 11.9. The molecule has 76 valence electrons. The minimum absolute atomic E-state index is 0.266. The van der Waals surface area contributed by atoms with Crippen molar-refractivity contribution in [1.29, 1.82) is 0 Å². The fourth-order valence-corrected chi connectivity index (χ4v) is 0.882. The Morgan fingerprint density at radius 3 is 2.23 bits per heavy atom. The van der Waals surface area contributed by atoms with E-state index in [-0.39, 0.29) is 11.8 Å². The van der Waals surface area contributed by atoms with E-state index >= 15 is 0 Å². The van der Waals surface area contributed by atoms with Crippen LogP contribution in [0.5, 0.6) is 0 Å². The van der Waals surface area contributed by atoms with E-state index in [0.717, 1.165) is 0 Å². The maximum Gasteiger partial charge on any atom is 0.322 e. The van der Waals surface area contributed by atoms with Crippen LogP contribution in [0.2, 0.25) is 0 Å². The van der Waals surface area contributed by atoms with Crippen LogP contribution < -0.4 is 10.9 Å². The second-order valence-electron chi connectivity index (χ2n) is 3.35. The van der Waals surface area contributed by atoms with Crippen LogP contribution in [0.3, 0.4) is 0 Å². The van der Waals surface area contributed by atoms with Gasteiger partial charge in [-0.05, 0) is 12.3 Å². The lowest BCUT2D eigenvalue weighted by Crippen LogP contribution is -2.47. The first-order valence-electron chi connectivity index (χ1n) is 4.18. The normalized spacial score (nSPS) is 12.6. The number of aliphatic carboxylic acids is 1. The zero-order valence-electron chi connectivity index (χ0n) is 8.13. The fourth-order valence-electron chi connectivity index (χ4n) is 0.882. The summed E-state index contributed by atoms with van der Waals surface area (Å²) in [5.74, 6) is -0.986. The SMILES string of the molecule is CC(=O)NN[C@H](CC(C)C)C(=O)O. The van der Waals surface area contributed by atoms with Crippen molar-refractivity contribution < 1.29 is 14.7 Å². The zero-order chi connectivity index (χ0) is 10.4. The summed E-state index contributed by atoms with van der Waals surface area (Å²) in [4.78, 5) is 21.1. The van der Waals surface area contributed by atoms with Gasteiger partial charge in [-0.25, -0.2) is 5.43 Å². The van der Waals surface area contributed by atoms with E-state index in [0.29, 0.717) is 6.42 Å². The van der Waals surface area contributed by atoms with Crippen molar-refractivity contribution in [2.75, 3.05) is 0 Å². The van der Waals surface area contributed by atoms with Crippen molar-refractivity contribution in [2.45, 2.75) is 33.2 Å². The summed E-state index contributed by atoms with van der Waals surface area (Å²) in [7, 11) is 0. The number of carbonyl (C=O) groups excluding carboxylic acids is 1. The highest BCUT2D eigenvalue weighted by molar-refractivity contribution is 5.75. The number of hydrogen-bond acceptors (Lipinski definition) is 3. The van der Waals surface area contributed by atoms with Crippen LogP contribution in [0, 0.1) is 5.92 Å². The van der Waals surface area contributed by atoms with Crippen LogP contribution in [-0.4, -0.2) is 23.0 Å². The minimum atomic E-state index is -0.956. The molecule has 0 fully saturated rings. The standard InChI is InChI=1S/C8H16N2O3/c1-5(2)4-7(8(12)13)10-9-6(3)11/h5,7,10H,4H2,1-3H3,(H,9,11)(H,12,13)/t7-/m1/s1. The molecule has 1 amide bonds. The smallest absolute Gasteiger partial charge is 0.322 e. The summed E-state index contributed by atoms with van der Waals surface area (Å²) >= 11 is 0. The predicted octanol–water partition coefficient (Wildman–Crippen LogP) is 0.126. The number of hydrogen-bond donors (Lipinski definition) is 3. The molecule has 1 atom stereocenters. The highest BCUT2D eigenvalue weighted by atomic mass is 16.4. The topological polar surface area (TPSA) is 78.4 Å². The Morgan fingerprint density at radius 1 is 1.38 bits per heavy atom. The van der Waals surface area contributed by atoms with Crippen molar-refractivity contribution in [1.82, 2.24) is 10.9 Å². The molecule has 0 saturated carbocycles. The molecule has 0 saturated heterocycles. The summed E-state index contributed by atoms with van der Waals surface area (Å²) in [5.41, 5.74) is 4.71. The highest BCUT2D eigenvalue weighted by Crippen LogP contribution is 2.03. The van der Waals surface area contributed by atoms with E-state index in [9.17, 15) is 9.59 Å². The molecule has 0 rings (SSSR count). The van der Waals surface area contributed by atoms with Crippen LogP contribution >= 0.6 is 0 Å². The number of carbonyl (C=O) groups is 2. The fraction of sp³-hybridized carbons (Fsp3) is 0.750. The Hall–Kier alpha value is -1.10. The Labute approximate surface area is 77.5 Å².